The highest BCUT2D eigenvalue weighted by Crippen LogP contribution is 2.23. The molecule has 0 fully saturated rings. The summed E-state index contributed by atoms with van der Waals surface area (Å²) in [6.07, 6.45) is 13.4. The molecule has 0 radical (unpaired) electrons. The predicted octanol–water partition coefficient (Wildman–Crippen LogP) is 3.33. The monoisotopic (exact) mass is 232 g/mol. The van der Waals surface area contributed by atoms with Crippen LogP contribution in [0.15, 0.2) is 0 Å². The Kier molecular flexibility index (Phi) is 8.64. The molecule has 2 heteroatoms. The van der Waals surface area contributed by atoms with E-state index in [4.69, 9.17) is 5.73 Å². The molecule has 0 atom stereocenters. The summed E-state index contributed by atoms with van der Waals surface area (Å²) < 4.78 is 0. The van der Waals surface area contributed by atoms with Crippen LogP contribution in [-0.4, -0.2) is 23.8 Å². The third kappa shape index (κ3) is 8.15. The van der Waals surface area contributed by atoms with Gasteiger partial charge in [-0.25, -0.2) is 0 Å². The summed E-state index contributed by atoms with van der Waals surface area (Å²) in [5.74, 6) is 1.38. The fourth-order valence-electron chi connectivity index (χ4n) is 2.24. The molecule has 0 unspecified atom stereocenters. The van der Waals surface area contributed by atoms with E-state index in [1.54, 1.807) is 0 Å². The maximum atomic E-state index is 6.44. The Morgan fingerprint density at radius 3 is 1.87 bits per heavy atom. The Balaban J connectivity index is 3.75. The van der Waals surface area contributed by atoms with Crippen LogP contribution in [-0.2, 0) is 10.9 Å². The average molecular weight is 232 g/mol. The first-order chi connectivity index (χ1) is 7.04. The first kappa shape index (κ1) is 15.3. The molecule has 92 valence electrons. The molecule has 2 N–H and O–H groups in total. The standard InChI is InChI=1S/C13H30NS/c1-5-9-13(14,10-6-2)11-7-8-12-15(3)4/h5-12,14H2,1-4H3/q+1. The Hall–Kier alpha value is 0.310. The topological polar surface area (TPSA) is 26.0 Å². The van der Waals surface area contributed by atoms with Crippen LogP contribution in [0.3, 0.4) is 0 Å². The first-order valence-corrected chi connectivity index (χ1v) is 8.58. The minimum absolute atomic E-state index is 0.142. The summed E-state index contributed by atoms with van der Waals surface area (Å²) in [6.45, 7) is 4.49. The Labute approximate surface area is 99.5 Å². The second-order valence-corrected chi connectivity index (χ2v) is 7.39. The Bertz CT molecular complexity index is 139. The maximum absolute atomic E-state index is 6.44. The Morgan fingerprint density at radius 2 is 1.47 bits per heavy atom. The molecule has 0 aromatic heterocycles. The van der Waals surface area contributed by atoms with E-state index in [1.165, 1.54) is 50.7 Å². The van der Waals surface area contributed by atoms with Crippen LogP contribution < -0.4 is 5.73 Å². The van der Waals surface area contributed by atoms with Gasteiger partial charge in [-0.05, 0) is 43.0 Å². The number of nitrogens with two attached hydrogens (primary N) is 1. The van der Waals surface area contributed by atoms with Crippen molar-refractivity contribution in [2.45, 2.75) is 64.3 Å². The normalized spacial score (nSPS) is 12.4. The van der Waals surface area contributed by atoms with E-state index in [0.717, 1.165) is 0 Å². The van der Waals surface area contributed by atoms with Gasteiger partial charge in [-0.2, -0.15) is 0 Å². The van der Waals surface area contributed by atoms with Gasteiger partial charge in [-0.15, -0.1) is 0 Å². The molecule has 1 nitrogen and oxygen atoms in total. The SMILES string of the molecule is CCCC(N)(CCC)CCCC[S+](C)C. The molecular weight excluding hydrogens is 202 g/mol. The van der Waals surface area contributed by atoms with Crippen LogP contribution in [0.1, 0.15) is 58.8 Å². The van der Waals surface area contributed by atoms with E-state index in [-0.39, 0.29) is 5.54 Å². The van der Waals surface area contributed by atoms with E-state index in [1.807, 2.05) is 0 Å². The number of unbranched alkanes of at least 4 members (excludes halogenated alkanes) is 1. The summed E-state index contributed by atoms with van der Waals surface area (Å²) in [4.78, 5) is 0. The van der Waals surface area contributed by atoms with Gasteiger partial charge in [0.2, 0.25) is 0 Å². The van der Waals surface area contributed by atoms with Gasteiger partial charge in [0.15, 0.2) is 0 Å². The molecule has 0 amide bonds. The summed E-state index contributed by atoms with van der Waals surface area (Å²) in [5.41, 5.74) is 6.58. The smallest absolute Gasteiger partial charge is 0.107 e. The minimum Gasteiger partial charge on any atom is -0.325 e. The third-order valence-corrected chi connectivity index (χ3v) is 4.08. The molecule has 0 aromatic carbocycles. The molecule has 0 aliphatic rings. The van der Waals surface area contributed by atoms with Gasteiger partial charge in [-0.1, -0.05) is 26.7 Å². The lowest BCUT2D eigenvalue weighted by Gasteiger charge is -2.28. The van der Waals surface area contributed by atoms with Gasteiger partial charge in [0.05, 0.1) is 12.5 Å². The van der Waals surface area contributed by atoms with Crippen molar-refractivity contribution < 1.29 is 0 Å². The van der Waals surface area contributed by atoms with Gasteiger partial charge in [0.25, 0.3) is 0 Å². The molecule has 15 heavy (non-hydrogen) atoms. The largest absolute Gasteiger partial charge is 0.325 e. The highest BCUT2D eigenvalue weighted by Gasteiger charge is 2.22. The van der Waals surface area contributed by atoms with Gasteiger partial charge >= 0.3 is 0 Å². The van der Waals surface area contributed by atoms with Crippen molar-refractivity contribution in [3.63, 3.8) is 0 Å². The molecule has 0 spiro atoms. The van der Waals surface area contributed by atoms with Crippen LogP contribution >= 0.6 is 0 Å². The maximum Gasteiger partial charge on any atom is 0.107 e. The van der Waals surface area contributed by atoms with Crippen LogP contribution in [0, 0.1) is 0 Å². The summed E-state index contributed by atoms with van der Waals surface area (Å²) in [5, 5.41) is 0. The highest BCUT2D eigenvalue weighted by atomic mass is 32.2. The zero-order valence-corrected chi connectivity index (χ0v) is 12.0. The van der Waals surface area contributed by atoms with E-state index in [2.05, 4.69) is 26.4 Å². The quantitative estimate of drug-likeness (QED) is 0.479. The van der Waals surface area contributed by atoms with Crippen molar-refractivity contribution in [2.75, 3.05) is 18.3 Å². The lowest BCUT2D eigenvalue weighted by molar-refractivity contribution is 0.324. The lowest BCUT2D eigenvalue weighted by atomic mass is 9.85. The molecule has 0 rings (SSSR count). The number of rotatable bonds is 9. The van der Waals surface area contributed by atoms with Gasteiger partial charge < -0.3 is 5.73 Å². The lowest BCUT2D eigenvalue weighted by Crippen LogP contribution is -2.39. The van der Waals surface area contributed by atoms with Gasteiger partial charge in [0, 0.05) is 5.54 Å². The summed E-state index contributed by atoms with van der Waals surface area (Å²) >= 11 is 0. The van der Waals surface area contributed by atoms with Crippen LogP contribution in [0.5, 0.6) is 0 Å². The second-order valence-electron chi connectivity index (χ2n) is 5.01. The molecule has 0 saturated carbocycles. The molecule has 0 bridgehead atoms. The second kappa shape index (κ2) is 8.46. The molecule has 0 heterocycles. The first-order valence-electron chi connectivity index (χ1n) is 6.37. The van der Waals surface area contributed by atoms with E-state index in [9.17, 15) is 0 Å². The zero-order chi connectivity index (χ0) is 11.7. The fraction of sp³-hybridized carbons (Fsp3) is 1.00. The molecular formula is C13H30NS+. The predicted molar refractivity (Wildman–Crippen MR) is 74.7 cm³/mol. The van der Waals surface area contributed by atoms with Crippen molar-refractivity contribution in [2.24, 2.45) is 5.73 Å². The third-order valence-electron chi connectivity index (χ3n) is 2.97. The molecule has 0 saturated heterocycles. The Morgan fingerprint density at radius 1 is 0.933 bits per heavy atom. The van der Waals surface area contributed by atoms with E-state index >= 15 is 0 Å². The zero-order valence-electron chi connectivity index (χ0n) is 11.1. The van der Waals surface area contributed by atoms with Crippen LogP contribution in [0.25, 0.3) is 0 Å². The number of hydrogen-bond acceptors (Lipinski definition) is 1. The summed E-state index contributed by atoms with van der Waals surface area (Å²) in [7, 11) is 0.608. The van der Waals surface area contributed by atoms with Crippen molar-refractivity contribution in [3.8, 4) is 0 Å². The molecule has 0 aromatic rings. The summed E-state index contributed by atoms with van der Waals surface area (Å²) in [6, 6.07) is 0. The average Bonchev–Trinajstić information content (AvgIpc) is 2.13. The minimum atomic E-state index is 0.142. The van der Waals surface area contributed by atoms with Crippen molar-refractivity contribution in [1.82, 2.24) is 0 Å². The van der Waals surface area contributed by atoms with Crippen molar-refractivity contribution in [1.29, 1.82) is 0 Å². The van der Waals surface area contributed by atoms with Crippen molar-refractivity contribution in [3.05, 3.63) is 0 Å². The fourth-order valence-corrected chi connectivity index (χ4v) is 3.02. The van der Waals surface area contributed by atoms with E-state index in [0.29, 0.717) is 10.9 Å². The highest BCUT2D eigenvalue weighted by molar-refractivity contribution is 7.95. The van der Waals surface area contributed by atoms with Crippen LogP contribution in [0.2, 0.25) is 0 Å². The molecule has 0 aliphatic heterocycles. The van der Waals surface area contributed by atoms with Crippen molar-refractivity contribution >= 4 is 10.9 Å². The molecule has 0 aliphatic carbocycles. The van der Waals surface area contributed by atoms with Crippen LogP contribution in [0.4, 0.5) is 0 Å². The van der Waals surface area contributed by atoms with E-state index < -0.39 is 0 Å². The number of hydrogen-bond donors (Lipinski definition) is 1. The van der Waals surface area contributed by atoms with Gasteiger partial charge in [-0.3, -0.25) is 0 Å². The van der Waals surface area contributed by atoms with Gasteiger partial charge in [0.1, 0.15) is 5.75 Å².